The summed E-state index contributed by atoms with van der Waals surface area (Å²) >= 11 is 6.16. The van der Waals surface area contributed by atoms with E-state index in [0.29, 0.717) is 5.88 Å². The summed E-state index contributed by atoms with van der Waals surface area (Å²) in [5.74, 6) is 0.709. The molecule has 1 aromatic heterocycles. The molecule has 0 radical (unpaired) electrons. The molecule has 0 unspecified atom stereocenters. The standard InChI is InChI=1S/C12H19ClN2O/c1-10-7-11(15(2)14-10)8-12(9-13)3-5-16-6-4-12/h7H,3-6,8-9H2,1-2H3. The molecule has 1 aliphatic rings. The van der Waals surface area contributed by atoms with E-state index < -0.39 is 0 Å². The lowest BCUT2D eigenvalue weighted by atomic mass is 9.78. The van der Waals surface area contributed by atoms with E-state index in [0.717, 1.165) is 38.2 Å². The van der Waals surface area contributed by atoms with Gasteiger partial charge in [-0.3, -0.25) is 4.68 Å². The quantitative estimate of drug-likeness (QED) is 0.761. The van der Waals surface area contributed by atoms with Crippen molar-refractivity contribution in [2.75, 3.05) is 19.1 Å². The minimum absolute atomic E-state index is 0.208. The summed E-state index contributed by atoms with van der Waals surface area (Å²) in [6.45, 7) is 3.70. The molecule has 1 fully saturated rings. The van der Waals surface area contributed by atoms with Crippen molar-refractivity contribution in [1.82, 2.24) is 9.78 Å². The topological polar surface area (TPSA) is 27.1 Å². The molecule has 0 atom stereocenters. The predicted molar refractivity (Wildman–Crippen MR) is 64.9 cm³/mol. The van der Waals surface area contributed by atoms with E-state index >= 15 is 0 Å². The van der Waals surface area contributed by atoms with Crippen LogP contribution in [0.2, 0.25) is 0 Å². The molecule has 0 aliphatic carbocycles. The maximum absolute atomic E-state index is 6.16. The van der Waals surface area contributed by atoms with E-state index in [1.54, 1.807) is 0 Å². The Morgan fingerprint density at radius 3 is 2.69 bits per heavy atom. The van der Waals surface area contributed by atoms with Gasteiger partial charge in [0.05, 0.1) is 5.69 Å². The number of alkyl halides is 1. The second kappa shape index (κ2) is 4.76. The lowest BCUT2D eigenvalue weighted by Gasteiger charge is -2.35. The predicted octanol–water partition coefficient (Wildman–Crippen LogP) is 2.31. The number of rotatable bonds is 3. The van der Waals surface area contributed by atoms with Crippen LogP contribution in [0.4, 0.5) is 0 Å². The van der Waals surface area contributed by atoms with Gasteiger partial charge in [0, 0.05) is 31.8 Å². The molecule has 0 aromatic carbocycles. The minimum atomic E-state index is 0.208. The molecule has 90 valence electrons. The zero-order valence-electron chi connectivity index (χ0n) is 10.0. The second-order valence-electron chi connectivity index (χ2n) is 4.82. The average Bonchev–Trinajstić information content (AvgIpc) is 2.59. The van der Waals surface area contributed by atoms with Crippen LogP contribution in [0.1, 0.15) is 24.2 Å². The maximum atomic E-state index is 6.16. The van der Waals surface area contributed by atoms with Crippen molar-refractivity contribution in [2.45, 2.75) is 26.2 Å². The summed E-state index contributed by atoms with van der Waals surface area (Å²) in [6, 6.07) is 2.16. The first-order valence-corrected chi connectivity index (χ1v) is 6.32. The second-order valence-corrected chi connectivity index (χ2v) is 5.09. The number of hydrogen-bond donors (Lipinski definition) is 0. The van der Waals surface area contributed by atoms with Gasteiger partial charge in [-0.1, -0.05) is 0 Å². The van der Waals surface area contributed by atoms with Gasteiger partial charge in [0.1, 0.15) is 0 Å². The van der Waals surface area contributed by atoms with Crippen molar-refractivity contribution in [3.8, 4) is 0 Å². The fourth-order valence-corrected chi connectivity index (χ4v) is 2.74. The maximum Gasteiger partial charge on any atom is 0.0596 e. The Labute approximate surface area is 102 Å². The highest BCUT2D eigenvalue weighted by Crippen LogP contribution is 2.35. The summed E-state index contributed by atoms with van der Waals surface area (Å²) in [7, 11) is 2.00. The van der Waals surface area contributed by atoms with Gasteiger partial charge in [-0.05, 0) is 37.7 Å². The molecule has 2 rings (SSSR count). The summed E-state index contributed by atoms with van der Waals surface area (Å²) in [6.07, 6.45) is 3.12. The summed E-state index contributed by atoms with van der Waals surface area (Å²) in [5.41, 5.74) is 2.56. The molecular formula is C12H19ClN2O. The van der Waals surface area contributed by atoms with E-state index in [2.05, 4.69) is 11.2 Å². The molecule has 0 saturated carbocycles. The molecule has 0 N–H and O–H groups in total. The smallest absolute Gasteiger partial charge is 0.0596 e. The van der Waals surface area contributed by atoms with Crippen LogP contribution in [0.5, 0.6) is 0 Å². The van der Waals surface area contributed by atoms with Crippen LogP contribution >= 0.6 is 11.6 Å². The molecule has 2 heterocycles. The Morgan fingerprint density at radius 1 is 1.50 bits per heavy atom. The summed E-state index contributed by atoms with van der Waals surface area (Å²) in [5, 5.41) is 4.38. The van der Waals surface area contributed by atoms with Crippen molar-refractivity contribution >= 4 is 11.6 Å². The molecule has 4 heteroatoms. The van der Waals surface area contributed by atoms with Gasteiger partial charge >= 0.3 is 0 Å². The SMILES string of the molecule is Cc1cc(CC2(CCl)CCOCC2)n(C)n1. The number of aryl methyl sites for hydroxylation is 2. The van der Waals surface area contributed by atoms with Crippen molar-refractivity contribution < 1.29 is 4.74 Å². The van der Waals surface area contributed by atoms with Crippen LogP contribution in [0.3, 0.4) is 0 Å². The van der Waals surface area contributed by atoms with Crippen LogP contribution in [-0.2, 0) is 18.2 Å². The largest absolute Gasteiger partial charge is 0.381 e. The van der Waals surface area contributed by atoms with Gasteiger partial charge in [-0.25, -0.2) is 0 Å². The Hall–Kier alpha value is -0.540. The highest BCUT2D eigenvalue weighted by Gasteiger charge is 2.32. The molecule has 16 heavy (non-hydrogen) atoms. The van der Waals surface area contributed by atoms with Crippen LogP contribution in [0.25, 0.3) is 0 Å². The zero-order valence-corrected chi connectivity index (χ0v) is 10.8. The summed E-state index contributed by atoms with van der Waals surface area (Å²) < 4.78 is 7.39. The first-order chi connectivity index (χ1) is 7.65. The van der Waals surface area contributed by atoms with Gasteiger partial charge in [0.2, 0.25) is 0 Å². The number of aromatic nitrogens is 2. The molecule has 1 aromatic rings. The van der Waals surface area contributed by atoms with Crippen molar-refractivity contribution in [2.24, 2.45) is 12.5 Å². The Kier molecular flexibility index (Phi) is 3.55. The first-order valence-electron chi connectivity index (χ1n) is 5.78. The molecule has 0 bridgehead atoms. The molecule has 1 saturated heterocycles. The van der Waals surface area contributed by atoms with Crippen LogP contribution < -0.4 is 0 Å². The first kappa shape index (κ1) is 11.9. The highest BCUT2D eigenvalue weighted by molar-refractivity contribution is 6.18. The van der Waals surface area contributed by atoms with Gasteiger partial charge in [-0.2, -0.15) is 5.10 Å². The monoisotopic (exact) mass is 242 g/mol. The van der Waals surface area contributed by atoms with Crippen molar-refractivity contribution in [1.29, 1.82) is 0 Å². The van der Waals surface area contributed by atoms with Crippen molar-refractivity contribution in [3.05, 3.63) is 17.5 Å². The molecule has 3 nitrogen and oxygen atoms in total. The van der Waals surface area contributed by atoms with Crippen LogP contribution in [0.15, 0.2) is 6.07 Å². The fourth-order valence-electron chi connectivity index (χ4n) is 2.38. The highest BCUT2D eigenvalue weighted by atomic mass is 35.5. The van der Waals surface area contributed by atoms with Gasteiger partial charge in [0.15, 0.2) is 0 Å². The number of hydrogen-bond acceptors (Lipinski definition) is 2. The van der Waals surface area contributed by atoms with Gasteiger partial charge < -0.3 is 4.74 Å². The Bertz CT molecular complexity index is 356. The Balaban J connectivity index is 2.14. The third-order valence-corrected chi connectivity index (χ3v) is 4.06. The van der Waals surface area contributed by atoms with E-state index in [1.165, 1.54) is 5.69 Å². The lowest BCUT2D eigenvalue weighted by molar-refractivity contribution is 0.0249. The van der Waals surface area contributed by atoms with E-state index in [1.807, 2.05) is 18.7 Å². The van der Waals surface area contributed by atoms with Crippen LogP contribution in [0, 0.1) is 12.3 Å². The van der Waals surface area contributed by atoms with E-state index in [-0.39, 0.29) is 5.41 Å². The third-order valence-electron chi connectivity index (χ3n) is 3.49. The van der Waals surface area contributed by atoms with Gasteiger partial charge in [-0.15, -0.1) is 11.6 Å². The minimum Gasteiger partial charge on any atom is -0.381 e. The lowest BCUT2D eigenvalue weighted by Crippen LogP contribution is -2.34. The average molecular weight is 243 g/mol. The van der Waals surface area contributed by atoms with E-state index in [9.17, 15) is 0 Å². The summed E-state index contributed by atoms with van der Waals surface area (Å²) in [4.78, 5) is 0. The molecule has 1 aliphatic heterocycles. The van der Waals surface area contributed by atoms with E-state index in [4.69, 9.17) is 16.3 Å². The normalized spacial score (nSPS) is 19.9. The van der Waals surface area contributed by atoms with Crippen molar-refractivity contribution in [3.63, 3.8) is 0 Å². The number of halogens is 1. The van der Waals surface area contributed by atoms with Crippen LogP contribution in [-0.4, -0.2) is 28.9 Å². The molecule has 0 amide bonds. The fraction of sp³-hybridized carbons (Fsp3) is 0.750. The van der Waals surface area contributed by atoms with Gasteiger partial charge in [0.25, 0.3) is 0 Å². The zero-order chi connectivity index (χ0) is 11.6. The Morgan fingerprint density at radius 2 is 2.19 bits per heavy atom. The number of nitrogens with zero attached hydrogens (tertiary/aromatic N) is 2. The number of ether oxygens (including phenoxy) is 1. The molecule has 0 spiro atoms. The third kappa shape index (κ3) is 2.41. The molecular weight excluding hydrogens is 224 g/mol.